The molecule has 0 bridgehead atoms. The van der Waals surface area contributed by atoms with Gasteiger partial charge < -0.3 is 0 Å². The molecular formula is C9H8N4. The zero-order valence-electron chi connectivity index (χ0n) is 7.18. The van der Waals surface area contributed by atoms with E-state index in [-0.39, 0.29) is 5.92 Å². The summed E-state index contributed by atoms with van der Waals surface area (Å²) in [4.78, 5) is 2.66. The fourth-order valence-corrected chi connectivity index (χ4v) is 0.956. The first-order chi connectivity index (χ1) is 6.27. The molecule has 0 saturated carbocycles. The molecule has 13 heavy (non-hydrogen) atoms. The molecule has 0 aliphatic heterocycles. The minimum absolute atomic E-state index is 0.125. The van der Waals surface area contributed by atoms with E-state index in [0.717, 1.165) is 5.56 Å². The van der Waals surface area contributed by atoms with Crippen LogP contribution in [0.3, 0.4) is 0 Å². The van der Waals surface area contributed by atoms with Crippen LogP contribution in [0.25, 0.3) is 10.4 Å². The van der Waals surface area contributed by atoms with E-state index >= 15 is 0 Å². The van der Waals surface area contributed by atoms with Crippen LogP contribution >= 0.6 is 0 Å². The van der Waals surface area contributed by atoms with Gasteiger partial charge in [-0.05, 0) is 18.0 Å². The average molecular weight is 172 g/mol. The van der Waals surface area contributed by atoms with Crippen LogP contribution in [0.1, 0.15) is 18.4 Å². The summed E-state index contributed by atoms with van der Waals surface area (Å²) in [5.41, 5.74) is 9.65. The highest BCUT2D eigenvalue weighted by molar-refractivity contribution is 5.40. The zero-order chi connectivity index (χ0) is 9.68. The molecule has 1 unspecified atom stereocenters. The van der Waals surface area contributed by atoms with E-state index in [4.69, 9.17) is 10.8 Å². The summed E-state index contributed by atoms with van der Waals surface area (Å²) >= 11 is 0. The van der Waals surface area contributed by atoms with Gasteiger partial charge in [0.05, 0.1) is 12.0 Å². The molecule has 0 fully saturated rings. The van der Waals surface area contributed by atoms with Gasteiger partial charge in [-0.1, -0.05) is 29.4 Å². The molecule has 1 aromatic rings. The van der Waals surface area contributed by atoms with E-state index in [0.29, 0.717) is 5.69 Å². The van der Waals surface area contributed by atoms with Crippen molar-refractivity contribution in [3.8, 4) is 6.07 Å². The van der Waals surface area contributed by atoms with Crippen LogP contribution in [0.4, 0.5) is 5.69 Å². The van der Waals surface area contributed by atoms with E-state index in [1.54, 1.807) is 24.3 Å². The molecular weight excluding hydrogens is 164 g/mol. The summed E-state index contributed by atoms with van der Waals surface area (Å²) < 4.78 is 0. The van der Waals surface area contributed by atoms with E-state index in [1.165, 1.54) is 0 Å². The molecule has 0 N–H and O–H groups in total. The summed E-state index contributed by atoms with van der Waals surface area (Å²) in [6.07, 6.45) is 0. The number of hydrogen-bond acceptors (Lipinski definition) is 2. The summed E-state index contributed by atoms with van der Waals surface area (Å²) in [7, 11) is 0. The molecule has 0 aliphatic rings. The lowest BCUT2D eigenvalue weighted by Crippen LogP contribution is -1.87. The van der Waals surface area contributed by atoms with Crippen LogP contribution in [0, 0.1) is 11.3 Å². The van der Waals surface area contributed by atoms with Crippen molar-refractivity contribution in [2.75, 3.05) is 0 Å². The van der Waals surface area contributed by atoms with Crippen LogP contribution in [-0.2, 0) is 0 Å². The van der Waals surface area contributed by atoms with E-state index in [1.807, 2.05) is 6.92 Å². The van der Waals surface area contributed by atoms with Gasteiger partial charge in [0.15, 0.2) is 0 Å². The molecule has 0 radical (unpaired) electrons. The van der Waals surface area contributed by atoms with Gasteiger partial charge >= 0.3 is 0 Å². The number of azide groups is 1. The summed E-state index contributed by atoms with van der Waals surface area (Å²) in [6.45, 7) is 1.82. The average Bonchev–Trinajstić information content (AvgIpc) is 2.18. The molecule has 64 valence electrons. The summed E-state index contributed by atoms with van der Waals surface area (Å²) in [6, 6.07) is 9.10. The Labute approximate surface area is 76.1 Å². The maximum absolute atomic E-state index is 8.63. The molecule has 1 atom stereocenters. The molecule has 0 amide bonds. The van der Waals surface area contributed by atoms with E-state index in [2.05, 4.69) is 16.1 Å². The van der Waals surface area contributed by atoms with Crippen LogP contribution in [-0.4, -0.2) is 0 Å². The van der Waals surface area contributed by atoms with Crippen molar-refractivity contribution >= 4 is 5.69 Å². The Kier molecular flexibility index (Phi) is 2.91. The highest BCUT2D eigenvalue weighted by atomic mass is 15.1. The fraction of sp³-hybridized carbons (Fsp3) is 0.222. The quantitative estimate of drug-likeness (QED) is 0.383. The van der Waals surface area contributed by atoms with E-state index in [9.17, 15) is 0 Å². The lowest BCUT2D eigenvalue weighted by Gasteiger charge is -2.01. The first-order valence-electron chi connectivity index (χ1n) is 3.82. The normalized spacial score (nSPS) is 11.1. The predicted octanol–water partition coefficient (Wildman–Crippen LogP) is 3.26. The first kappa shape index (κ1) is 9.11. The minimum atomic E-state index is -0.125. The van der Waals surface area contributed by atoms with Crippen molar-refractivity contribution in [3.63, 3.8) is 0 Å². The molecule has 1 rings (SSSR count). The van der Waals surface area contributed by atoms with Crippen molar-refractivity contribution < 1.29 is 0 Å². The highest BCUT2D eigenvalue weighted by Crippen LogP contribution is 2.18. The minimum Gasteiger partial charge on any atom is -0.198 e. The van der Waals surface area contributed by atoms with Gasteiger partial charge in [0.1, 0.15) is 0 Å². The summed E-state index contributed by atoms with van der Waals surface area (Å²) in [5.74, 6) is -0.125. The summed E-state index contributed by atoms with van der Waals surface area (Å²) in [5, 5.41) is 12.1. The Hall–Kier alpha value is -1.98. The third kappa shape index (κ3) is 2.22. The van der Waals surface area contributed by atoms with E-state index < -0.39 is 0 Å². The molecule has 4 nitrogen and oxygen atoms in total. The highest BCUT2D eigenvalue weighted by Gasteiger charge is 2.01. The van der Waals surface area contributed by atoms with Crippen molar-refractivity contribution in [1.82, 2.24) is 0 Å². The maximum Gasteiger partial charge on any atom is 0.0700 e. The molecule has 1 aromatic carbocycles. The number of nitrogens with zero attached hydrogens (tertiary/aromatic N) is 4. The second-order valence-corrected chi connectivity index (χ2v) is 2.63. The lowest BCUT2D eigenvalue weighted by atomic mass is 10.0. The van der Waals surface area contributed by atoms with Crippen LogP contribution in [0.15, 0.2) is 29.4 Å². The van der Waals surface area contributed by atoms with Crippen molar-refractivity contribution in [3.05, 3.63) is 40.3 Å². The smallest absolute Gasteiger partial charge is 0.0700 e. The van der Waals surface area contributed by atoms with Crippen molar-refractivity contribution in [1.29, 1.82) is 5.26 Å². The molecule has 0 spiro atoms. The largest absolute Gasteiger partial charge is 0.198 e. The first-order valence-corrected chi connectivity index (χ1v) is 3.82. The fourth-order valence-electron chi connectivity index (χ4n) is 0.956. The van der Waals surface area contributed by atoms with Crippen LogP contribution in [0.5, 0.6) is 0 Å². The molecule has 0 aromatic heterocycles. The Balaban J connectivity index is 2.94. The second-order valence-electron chi connectivity index (χ2n) is 2.63. The lowest BCUT2D eigenvalue weighted by molar-refractivity contribution is 0.982. The monoisotopic (exact) mass is 172 g/mol. The van der Waals surface area contributed by atoms with Gasteiger partial charge in [-0.25, -0.2) is 0 Å². The van der Waals surface area contributed by atoms with Gasteiger partial charge in [0.25, 0.3) is 0 Å². The van der Waals surface area contributed by atoms with Crippen LogP contribution < -0.4 is 0 Å². The van der Waals surface area contributed by atoms with Gasteiger partial charge in [-0.2, -0.15) is 5.26 Å². The standard InChI is InChI=1S/C9H8N4/c1-7(6-10)8-2-4-9(5-3-8)12-13-11/h2-5,7H,1H3. The van der Waals surface area contributed by atoms with Crippen molar-refractivity contribution in [2.45, 2.75) is 12.8 Å². The number of benzene rings is 1. The van der Waals surface area contributed by atoms with Gasteiger partial charge in [0.2, 0.25) is 0 Å². The van der Waals surface area contributed by atoms with Gasteiger partial charge in [-0.3, -0.25) is 0 Å². The Morgan fingerprint density at radius 2 is 2.08 bits per heavy atom. The van der Waals surface area contributed by atoms with Gasteiger partial charge in [0, 0.05) is 10.6 Å². The SMILES string of the molecule is CC(C#N)c1ccc(N=[N+]=[N-])cc1. The van der Waals surface area contributed by atoms with Crippen LogP contribution in [0.2, 0.25) is 0 Å². The maximum atomic E-state index is 8.63. The third-order valence-electron chi connectivity index (χ3n) is 1.75. The third-order valence-corrected chi connectivity index (χ3v) is 1.75. The van der Waals surface area contributed by atoms with Gasteiger partial charge in [-0.15, -0.1) is 0 Å². The Morgan fingerprint density at radius 3 is 2.54 bits per heavy atom. The number of hydrogen-bond donors (Lipinski definition) is 0. The molecule has 0 saturated heterocycles. The second kappa shape index (κ2) is 4.15. The predicted molar refractivity (Wildman–Crippen MR) is 49.3 cm³/mol. The number of nitriles is 1. The number of rotatable bonds is 2. The molecule has 4 heteroatoms. The molecule has 0 heterocycles. The Bertz CT molecular complexity index is 368. The molecule has 0 aliphatic carbocycles. The Morgan fingerprint density at radius 1 is 1.46 bits per heavy atom. The van der Waals surface area contributed by atoms with Crippen molar-refractivity contribution in [2.24, 2.45) is 5.11 Å². The zero-order valence-corrected chi connectivity index (χ0v) is 7.18. The topological polar surface area (TPSA) is 72.5 Å².